The van der Waals surface area contributed by atoms with Crippen molar-refractivity contribution in [1.82, 2.24) is 0 Å². The maximum absolute atomic E-state index is 10.8. The minimum absolute atomic E-state index is 0.0200. The topological polar surface area (TPSA) is 49.3 Å². The number of phenolic OH excluding ortho intramolecular Hbond substituents is 1. The molecule has 2 rings (SSSR count). The molecule has 2 aromatic carbocycles. The molecule has 0 unspecified atom stereocenters. The number of carbonyl (C=O) groups is 1. The summed E-state index contributed by atoms with van der Waals surface area (Å²) in [5.41, 5.74) is 4.03. The molecule has 0 fully saturated rings. The van der Waals surface area contributed by atoms with Gasteiger partial charge in [-0.25, -0.2) is 0 Å². The lowest BCUT2D eigenvalue weighted by Crippen LogP contribution is -1.96. The van der Waals surface area contributed by atoms with Gasteiger partial charge in [0, 0.05) is 5.69 Å². The van der Waals surface area contributed by atoms with E-state index < -0.39 is 0 Å². The summed E-state index contributed by atoms with van der Waals surface area (Å²) in [7, 11) is 0. The van der Waals surface area contributed by atoms with Crippen molar-refractivity contribution in [2.75, 3.05) is 5.32 Å². The van der Waals surface area contributed by atoms with Gasteiger partial charge in [-0.1, -0.05) is 18.2 Å². The van der Waals surface area contributed by atoms with Crippen molar-refractivity contribution in [3.8, 4) is 5.75 Å². The number of rotatable bonds is 3. The molecule has 2 N–H and O–H groups in total. The quantitative estimate of drug-likeness (QED) is 0.638. The fourth-order valence-corrected chi connectivity index (χ4v) is 1.79. The molecule has 0 heterocycles. The van der Waals surface area contributed by atoms with E-state index in [9.17, 15) is 9.90 Å². The summed E-state index contributed by atoms with van der Waals surface area (Å²) in [6.45, 7) is 4.04. The summed E-state index contributed by atoms with van der Waals surface area (Å²) in [5, 5.41) is 13.1. The van der Waals surface area contributed by atoms with Crippen LogP contribution in [0.3, 0.4) is 0 Å². The predicted octanol–water partition coefficient (Wildman–Crippen LogP) is 3.57. The highest BCUT2D eigenvalue weighted by Crippen LogP contribution is 2.30. The van der Waals surface area contributed by atoms with E-state index in [2.05, 4.69) is 5.32 Å². The highest BCUT2D eigenvalue weighted by Gasteiger charge is 2.07. The number of aldehydes is 1. The van der Waals surface area contributed by atoms with Gasteiger partial charge in [-0.3, -0.25) is 4.79 Å². The van der Waals surface area contributed by atoms with Crippen LogP contribution in [-0.2, 0) is 0 Å². The molecule has 0 spiro atoms. The van der Waals surface area contributed by atoms with Crippen molar-refractivity contribution in [2.45, 2.75) is 13.8 Å². The highest BCUT2D eigenvalue weighted by atomic mass is 16.3. The Hall–Kier alpha value is -2.29. The van der Waals surface area contributed by atoms with E-state index in [-0.39, 0.29) is 11.3 Å². The van der Waals surface area contributed by atoms with E-state index in [0.717, 1.165) is 11.3 Å². The lowest BCUT2D eigenvalue weighted by Gasteiger charge is -2.13. The number of aryl methyl sites for hydroxylation is 1. The molecule has 0 aliphatic carbocycles. The molecule has 0 bridgehead atoms. The van der Waals surface area contributed by atoms with Crippen molar-refractivity contribution < 1.29 is 9.90 Å². The van der Waals surface area contributed by atoms with Crippen LogP contribution in [0.15, 0.2) is 36.4 Å². The third kappa shape index (κ3) is 2.20. The van der Waals surface area contributed by atoms with Crippen LogP contribution < -0.4 is 5.32 Å². The van der Waals surface area contributed by atoms with Crippen molar-refractivity contribution in [3.63, 3.8) is 0 Å². The minimum Gasteiger partial charge on any atom is -0.505 e. The fourth-order valence-electron chi connectivity index (χ4n) is 1.79. The Balaban J connectivity index is 2.40. The second kappa shape index (κ2) is 4.92. The summed E-state index contributed by atoms with van der Waals surface area (Å²) >= 11 is 0. The van der Waals surface area contributed by atoms with Gasteiger partial charge in [0.25, 0.3) is 0 Å². The van der Waals surface area contributed by atoms with Crippen molar-refractivity contribution in [2.24, 2.45) is 0 Å². The smallest absolute Gasteiger partial charge is 0.153 e. The van der Waals surface area contributed by atoms with Crippen LogP contribution in [-0.4, -0.2) is 11.4 Å². The highest BCUT2D eigenvalue weighted by molar-refractivity contribution is 5.84. The molecule has 0 aliphatic rings. The van der Waals surface area contributed by atoms with Gasteiger partial charge < -0.3 is 10.4 Å². The van der Waals surface area contributed by atoms with Crippen LogP contribution in [0, 0.1) is 13.8 Å². The molecule has 3 heteroatoms. The number of nitrogens with one attached hydrogen (secondary N) is 1. The summed E-state index contributed by atoms with van der Waals surface area (Å²) in [4.78, 5) is 10.8. The van der Waals surface area contributed by atoms with Crippen LogP contribution in [0.4, 0.5) is 11.4 Å². The van der Waals surface area contributed by atoms with Gasteiger partial charge in [0.1, 0.15) is 5.75 Å². The average Bonchev–Trinajstić information content (AvgIpc) is 2.37. The number of carbonyl (C=O) groups excluding carboxylic acids is 1. The lowest BCUT2D eigenvalue weighted by atomic mass is 10.1. The molecule has 0 amide bonds. The summed E-state index contributed by atoms with van der Waals surface area (Å²) < 4.78 is 0. The Labute approximate surface area is 106 Å². The third-order valence-electron chi connectivity index (χ3n) is 3.07. The first-order chi connectivity index (χ1) is 8.63. The maximum atomic E-state index is 10.8. The number of aromatic hydroxyl groups is 1. The minimum atomic E-state index is -0.0200. The van der Waals surface area contributed by atoms with E-state index in [1.165, 1.54) is 5.56 Å². The SMILES string of the molecule is Cc1cccc(Nc2cccc(C=O)c2O)c1C. The molecule has 0 aromatic heterocycles. The number of hydrogen-bond acceptors (Lipinski definition) is 3. The van der Waals surface area contributed by atoms with Crippen LogP contribution in [0.5, 0.6) is 5.75 Å². The van der Waals surface area contributed by atoms with Gasteiger partial charge in [0.2, 0.25) is 0 Å². The van der Waals surface area contributed by atoms with Crippen LogP contribution in [0.1, 0.15) is 21.5 Å². The first kappa shape index (κ1) is 12.2. The molecular weight excluding hydrogens is 226 g/mol. The lowest BCUT2D eigenvalue weighted by molar-refractivity contribution is 0.112. The summed E-state index contributed by atoms with van der Waals surface area (Å²) in [6.07, 6.45) is 0.642. The zero-order valence-electron chi connectivity index (χ0n) is 10.4. The predicted molar refractivity (Wildman–Crippen MR) is 72.7 cm³/mol. The monoisotopic (exact) mass is 241 g/mol. The fraction of sp³-hybridized carbons (Fsp3) is 0.133. The number of benzene rings is 2. The van der Waals surface area contributed by atoms with E-state index in [0.29, 0.717) is 12.0 Å². The van der Waals surface area contributed by atoms with Gasteiger partial charge in [-0.15, -0.1) is 0 Å². The van der Waals surface area contributed by atoms with Gasteiger partial charge in [0.15, 0.2) is 6.29 Å². The van der Waals surface area contributed by atoms with Crippen LogP contribution in [0.2, 0.25) is 0 Å². The largest absolute Gasteiger partial charge is 0.505 e. The zero-order valence-corrected chi connectivity index (χ0v) is 10.4. The number of para-hydroxylation sites is 1. The maximum Gasteiger partial charge on any atom is 0.153 e. The van der Waals surface area contributed by atoms with Gasteiger partial charge >= 0.3 is 0 Å². The van der Waals surface area contributed by atoms with E-state index in [4.69, 9.17) is 0 Å². The Morgan fingerprint density at radius 2 is 1.72 bits per heavy atom. The number of anilines is 2. The molecule has 2 aromatic rings. The Morgan fingerprint density at radius 3 is 2.44 bits per heavy atom. The van der Waals surface area contributed by atoms with E-state index in [1.807, 2.05) is 32.0 Å². The second-order valence-electron chi connectivity index (χ2n) is 4.23. The molecule has 0 aliphatic heterocycles. The molecule has 0 atom stereocenters. The van der Waals surface area contributed by atoms with Crippen molar-refractivity contribution in [3.05, 3.63) is 53.1 Å². The molecule has 3 nitrogen and oxygen atoms in total. The summed E-state index contributed by atoms with van der Waals surface area (Å²) in [5.74, 6) is -0.0200. The number of phenols is 1. The van der Waals surface area contributed by atoms with Gasteiger partial charge in [0.05, 0.1) is 11.3 Å². The first-order valence-corrected chi connectivity index (χ1v) is 5.74. The Morgan fingerprint density at radius 1 is 1.06 bits per heavy atom. The normalized spacial score (nSPS) is 10.1. The molecule has 92 valence electrons. The van der Waals surface area contributed by atoms with E-state index in [1.54, 1.807) is 18.2 Å². The molecule has 0 radical (unpaired) electrons. The molecular formula is C15H15NO2. The van der Waals surface area contributed by atoms with Crippen LogP contribution >= 0.6 is 0 Å². The average molecular weight is 241 g/mol. The number of hydrogen-bond donors (Lipinski definition) is 2. The van der Waals surface area contributed by atoms with Gasteiger partial charge in [-0.2, -0.15) is 0 Å². The Bertz CT molecular complexity index is 591. The zero-order chi connectivity index (χ0) is 13.1. The second-order valence-corrected chi connectivity index (χ2v) is 4.23. The van der Waals surface area contributed by atoms with Crippen molar-refractivity contribution in [1.29, 1.82) is 0 Å². The van der Waals surface area contributed by atoms with Gasteiger partial charge in [-0.05, 0) is 43.2 Å². The molecule has 0 saturated heterocycles. The third-order valence-corrected chi connectivity index (χ3v) is 3.07. The summed E-state index contributed by atoms with van der Waals surface area (Å²) in [6, 6.07) is 11.0. The van der Waals surface area contributed by atoms with E-state index >= 15 is 0 Å². The Kier molecular flexibility index (Phi) is 3.33. The molecule has 0 saturated carbocycles. The van der Waals surface area contributed by atoms with Crippen LogP contribution in [0.25, 0.3) is 0 Å². The van der Waals surface area contributed by atoms with Crippen molar-refractivity contribution >= 4 is 17.7 Å². The molecule has 18 heavy (non-hydrogen) atoms. The first-order valence-electron chi connectivity index (χ1n) is 5.74. The standard InChI is InChI=1S/C15H15NO2/c1-10-5-3-7-13(11(10)2)16-14-8-4-6-12(9-17)15(14)18/h3-9,16,18H,1-2H3.